The van der Waals surface area contributed by atoms with Gasteiger partial charge in [0, 0.05) is 31.4 Å². The lowest BCUT2D eigenvalue weighted by Gasteiger charge is -2.28. The largest absolute Gasteiger partial charge is 0.336 e. The molecule has 7 heteroatoms. The second kappa shape index (κ2) is 7.41. The number of benzene rings is 2. The number of carbonyl (C=O) groups excluding carboxylic acids is 1. The molecule has 1 amide bonds. The van der Waals surface area contributed by atoms with E-state index in [1.54, 1.807) is 0 Å². The van der Waals surface area contributed by atoms with Gasteiger partial charge in [0.25, 0.3) is 0 Å². The van der Waals surface area contributed by atoms with Crippen LogP contribution in [0.2, 0.25) is 0 Å². The van der Waals surface area contributed by atoms with Crippen LogP contribution in [-0.4, -0.2) is 27.4 Å². The van der Waals surface area contributed by atoms with E-state index in [1.807, 2.05) is 24.3 Å². The van der Waals surface area contributed by atoms with E-state index in [9.17, 15) is 4.79 Å². The zero-order chi connectivity index (χ0) is 18.6. The minimum absolute atomic E-state index is 0.0964. The minimum Gasteiger partial charge on any atom is -0.336 e. The molecule has 1 aliphatic rings. The Morgan fingerprint density at radius 2 is 1.74 bits per heavy atom. The molecule has 0 saturated heterocycles. The zero-order valence-electron chi connectivity index (χ0n) is 15.0. The fourth-order valence-corrected chi connectivity index (χ4v) is 3.14. The van der Waals surface area contributed by atoms with Crippen LogP contribution in [0.5, 0.6) is 0 Å². The molecule has 1 aromatic heterocycles. The first kappa shape index (κ1) is 17.0. The lowest BCUT2D eigenvalue weighted by molar-refractivity contribution is -0.114. The maximum Gasteiger partial charge on any atom is 0.231 e. The molecule has 1 aliphatic heterocycles. The predicted molar refractivity (Wildman–Crippen MR) is 105 cm³/mol. The number of aromatic nitrogens is 3. The number of rotatable bonds is 4. The van der Waals surface area contributed by atoms with Gasteiger partial charge in [0.2, 0.25) is 17.8 Å². The molecule has 0 bridgehead atoms. The molecular weight excluding hydrogens is 340 g/mol. The van der Waals surface area contributed by atoms with Gasteiger partial charge in [-0.2, -0.15) is 4.98 Å². The van der Waals surface area contributed by atoms with Crippen molar-refractivity contribution < 1.29 is 4.79 Å². The Bertz CT molecular complexity index is 957. The van der Waals surface area contributed by atoms with E-state index in [0.29, 0.717) is 11.9 Å². The topological polar surface area (TPSA) is 83.0 Å². The lowest BCUT2D eigenvalue weighted by atomic mass is 10.0. The van der Waals surface area contributed by atoms with Crippen molar-refractivity contribution in [3.8, 4) is 0 Å². The second-order valence-corrected chi connectivity index (χ2v) is 6.43. The van der Waals surface area contributed by atoms with E-state index >= 15 is 0 Å². The van der Waals surface area contributed by atoms with Crippen LogP contribution < -0.4 is 15.5 Å². The average molecular weight is 360 g/mol. The van der Waals surface area contributed by atoms with Gasteiger partial charge in [-0.1, -0.05) is 24.3 Å². The van der Waals surface area contributed by atoms with Crippen LogP contribution in [0.1, 0.15) is 18.1 Å². The third-order valence-electron chi connectivity index (χ3n) is 4.43. The molecule has 0 fully saturated rings. The van der Waals surface area contributed by atoms with E-state index in [2.05, 4.69) is 54.8 Å². The first-order valence-corrected chi connectivity index (χ1v) is 8.83. The van der Waals surface area contributed by atoms with Crippen molar-refractivity contribution in [2.75, 3.05) is 22.1 Å². The number of carbonyl (C=O) groups is 1. The SMILES string of the molecule is CC(=O)Nc1ccc(Nc2ncnc(N3CCc4ccccc4C3)n2)cc1. The van der Waals surface area contributed by atoms with E-state index in [0.717, 1.165) is 30.9 Å². The van der Waals surface area contributed by atoms with Crippen LogP contribution in [0.15, 0.2) is 54.9 Å². The van der Waals surface area contributed by atoms with E-state index < -0.39 is 0 Å². The number of fused-ring (bicyclic) bond motifs is 1. The summed E-state index contributed by atoms with van der Waals surface area (Å²) in [7, 11) is 0. The molecule has 4 rings (SSSR count). The number of anilines is 4. The molecule has 3 aromatic rings. The number of hydrogen-bond donors (Lipinski definition) is 2. The molecule has 27 heavy (non-hydrogen) atoms. The molecular formula is C20H20N6O. The summed E-state index contributed by atoms with van der Waals surface area (Å²) < 4.78 is 0. The Balaban J connectivity index is 1.47. The van der Waals surface area contributed by atoms with E-state index in [-0.39, 0.29) is 5.91 Å². The number of hydrogen-bond acceptors (Lipinski definition) is 6. The van der Waals surface area contributed by atoms with Crippen molar-refractivity contribution in [2.24, 2.45) is 0 Å². The molecule has 7 nitrogen and oxygen atoms in total. The number of amides is 1. The molecule has 0 radical (unpaired) electrons. The highest BCUT2D eigenvalue weighted by Gasteiger charge is 2.18. The predicted octanol–water partition coefficient (Wildman–Crippen LogP) is 3.14. The van der Waals surface area contributed by atoms with Crippen LogP contribution >= 0.6 is 0 Å². The smallest absolute Gasteiger partial charge is 0.231 e. The molecule has 0 spiro atoms. The quantitative estimate of drug-likeness (QED) is 0.744. The van der Waals surface area contributed by atoms with Gasteiger partial charge in [-0.05, 0) is 41.8 Å². The zero-order valence-corrected chi connectivity index (χ0v) is 15.0. The van der Waals surface area contributed by atoms with Crippen LogP contribution in [0.3, 0.4) is 0 Å². The molecule has 136 valence electrons. The number of nitrogens with zero attached hydrogens (tertiary/aromatic N) is 4. The molecule has 2 N–H and O–H groups in total. The highest BCUT2D eigenvalue weighted by molar-refractivity contribution is 5.88. The van der Waals surface area contributed by atoms with Gasteiger partial charge in [-0.15, -0.1) is 0 Å². The molecule has 0 atom stereocenters. The van der Waals surface area contributed by atoms with Crippen molar-refractivity contribution in [3.63, 3.8) is 0 Å². The minimum atomic E-state index is -0.0964. The first-order chi connectivity index (χ1) is 13.2. The third kappa shape index (κ3) is 4.03. The summed E-state index contributed by atoms with van der Waals surface area (Å²) >= 11 is 0. The van der Waals surface area contributed by atoms with Gasteiger partial charge in [-0.3, -0.25) is 4.79 Å². The van der Waals surface area contributed by atoms with Crippen molar-refractivity contribution in [2.45, 2.75) is 19.9 Å². The summed E-state index contributed by atoms with van der Waals surface area (Å²) in [4.78, 5) is 26.4. The van der Waals surface area contributed by atoms with Gasteiger partial charge >= 0.3 is 0 Å². The molecule has 0 saturated carbocycles. The third-order valence-corrected chi connectivity index (χ3v) is 4.43. The average Bonchev–Trinajstić information content (AvgIpc) is 2.69. The molecule has 0 aliphatic carbocycles. The maximum absolute atomic E-state index is 11.1. The van der Waals surface area contributed by atoms with Gasteiger partial charge < -0.3 is 15.5 Å². The van der Waals surface area contributed by atoms with Crippen LogP contribution in [0.4, 0.5) is 23.3 Å². The van der Waals surface area contributed by atoms with Gasteiger partial charge in [0.15, 0.2) is 0 Å². The van der Waals surface area contributed by atoms with Crippen LogP contribution in [-0.2, 0) is 17.8 Å². The van der Waals surface area contributed by atoms with Crippen molar-refractivity contribution in [1.29, 1.82) is 0 Å². The number of nitrogens with one attached hydrogen (secondary N) is 2. The highest BCUT2D eigenvalue weighted by atomic mass is 16.1. The summed E-state index contributed by atoms with van der Waals surface area (Å²) in [5, 5.41) is 5.92. The van der Waals surface area contributed by atoms with Gasteiger partial charge in [0.05, 0.1) is 0 Å². The maximum atomic E-state index is 11.1. The van der Waals surface area contributed by atoms with Crippen LogP contribution in [0.25, 0.3) is 0 Å². The Kier molecular flexibility index (Phi) is 4.65. The van der Waals surface area contributed by atoms with E-state index in [1.165, 1.54) is 24.4 Å². The van der Waals surface area contributed by atoms with Crippen molar-refractivity contribution in [1.82, 2.24) is 15.0 Å². The van der Waals surface area contributed by atoms with Gasteiger partial charge in [0.1, 0.15) is 6.33 Å². The Morgan fingerprint density at radius 1 is 1.00 bits per heavy atom. The summed E-state index contributed by atoms with van der Waals surface area (Å²) in [6, 6.07) is 15.9. The summed E-state index contributed by atoms with van der Waals surface area (Å²) in [6.07, 6.45) is 2.51. The standard InChI is InChI=1S/C20H20N6O/c1-14(27)23-17-6-8-18(9-7-17)24-19-21-13-22-20(25-19)26-11-10-15-4-2-3-5-16(15)12-26/h2-9,13H,10-12H2,1H3,(H,23,27)(H,21,22,24,25). The second-order valence-electron chi connectivity index (χ2n) is 6.43. The van der Waals surface area contributed by atoms with Gasteiger partial charge in [-0.25, -0.2) is 9.97 Å². The fourth-order valence-electron chi connectivity index (χ4n) is 3.14. The van der Waals surface area contributed by atoms with Crippen LogP contribution in [0, 0.1) is 0 Å². The van der Waals surface area contributed by atoms with Crippen molar-refractivity contribution in [3.05, 3.63) is 66.0 Å². The highest BCUT2D eigenvalue weighted by Crippen LogP contribution is 2.23. The lowest BCUT2D eigenvalue weighted by Crippen LogP contribution is -2.31. The normalized spacial score (nSPS) is 13.0. The van der Waals surface area contributed by atoms with Crippen molar-refractivity contribution >= 4 is 29.2 Å². The summed E-state index contributed by atoms with van der Waals surface area (Å²) in [6.45, 7) is 3.16. The molecule has 0 unspecified atom stereocenters. The van der Waals surface area contributed by atoms with E-state index in [4.69, 9.17) is 0 Å². The fraction of sp³-hybridized carbons (Fsp3) is 0.200. The Hall–Kier alpha value is -3.48. The molecule has 2 heterocycles. The first-order valence-electron chi connectivity index (χ1n) is 8.83. The summed E-state index contributed by atoms with van der Waals surface area (Å²) in [5.41, 5.74) is 4.29. The Morgan fingerprint density at radius 3 is 2.52 bits per heavy atom. The molecule has 2 aromatic carbocycles. The monoisotopic (exact) mass is 360 g/mol. The Labute approximate surface area is 157 Å². The summed E-state index contributed by atoms with van der Waals surface area (Å²) in [5.74, 6) is 1.06.